The van der Waals surface area contributed by atoms with Crippen molar-refractivity contribution >= 4 is 197 Å². The number of rotatable bonds is 16. The van der Waals surface area contributed by atoms with Gasteiger partial charge in [0, 0.05) is 135 Å². The van der Waals surface area contributed by atoms with E-state index in [9.17, 15) is 57.8 Å². The standard InChI is InChI=1S/C13H14F3N5S.C12H11ClF3N5S.C7H10N2S.C7H10N2.C6H7BrN2S.2C6H5ClF3N3.C6H7ClN2S.C6H8N2S.C6H8N2.C4H5N.C4H9O.C3H5N.CHN.K/c1-6-9(7-3-4-7)21-22-11(6)20-12-18-5-8(13(14,15)16)10(17-2)19-12;1-17-9-6(12(14,15)16)4-18-11(19-9)20-10-7(13)8(21-22-10)5-2-3-5;1-4-6(5-2-3-5)9-10-7(4)8;1-5(4-8)7(9)6-2-3-6;7-4-5(3-1-2-3)9-10-6(4)8;2*1-11-4-3(6(8,9)10)2-12-5(7)13-4;7-4-5(3-1-2-3)9-10-6(4)8;7-6-3-5(8-9-6)4-1-2-4;7-4-3-6(8)5-1-2-5;5-3-4-1-2-4;1-4(2,3)5;1-3-4-2;1-2;/h5,7H,3-4H2,1-2H3,(H2,17,18,19,20);4-5H,2-3H2,1H3,(H2,17,18,19,20);5H,2-3,8H2,1H3;6H,2-3,9H2,1H3;3H,1-2,8H2;2*2H,1H3,(H,11,12,13);3H,1-2,8H2;3-4H,1-2,7H2;3,5H,1-2,8H2;4H,1-2H2;1-3H3;3H2,1H3;2H;/q;;;;;;;;;;;-1;;;+1/b;;;7-5-;;;;;;6-3-;;;;;. The van der Waals surface area contributed by atoms with Gasteiger partial charge in [0.05, 0.1) is 66.9 Å². The van der Waals surface area contributed by atoms with Gasteiger partial charge in [0.1, 0.15) is 75.5 Å². The van der Waals surface area contributed by atoms with E-state index in [2.05, 4.69) is 132 Å². The fraction of sp³-hybridized carbons (Fsp3) is 0.506. The van der Waals surface area contributed by atoms with Crippen LogP contribution in [-0.4, -0.2) is 106 Å². The Balaban J connectivity index is 0.000000279. The quantitative estimate of drug-likeness (QED) is 0.0140. The van der Waals surface area contributed by atoms with Crippen LogP contribution in [0.15, 0.2) is 58.4 Å². The van der Waals surface area contributed by atoms with E-state index < -0.39 is 52.6 Å². The predicted octanol–water partition coefficient (Wildman–Crippen LogP) is 20.0. The van der Waals surface area contributed by atoms with Crippen LogP contribution in [0.1, 0.15) is 253 Å². The van der Waals surface area contributed by atoms with Crippen molar-refractivity contribution in [3.63, 3.8) is 0 Å². The van der Waals surface area contributed by atoms with Gasteiger partial charge in [0.15, 0.2) is 0 Å². The molecule has 143 heavy (non-hydrogen) atoms. The normalized spacial score (nSPS) is 15.3. The third kappa shape index (κ3) is 43.9. The minimum atomic E-state index is -4.52. The zero-order valence-electron chi connectivity index (χ0n) is 79.4. The molecule has 0 radical (unpaired) electrons. The van der Waals surface area contributed by atoms with Crippen LogP contribution < -0.4 is 128 Å². The number of nitrogens with one attached hydrogen (secondary N) is 7. The maximum Gasteiger partial charge on any atom is 1.00 e. The Hall–Kier alpha value is -8.97. The minimum Gasteiger partial charge on any atom is -0.850 e. The Morgan fingerprint density at radius 1 is 0.503 bits per heavy atom. The van der Waals surface area contributed by atoms with Gasteiger partial charge >= 0.3 is 76.1 Å². The number of aromatic nitrogens is 14. The molecule has 9 saturated carbocycles. The van der Waals surface area contributed by atoms with Crippen molar-refractivity contribution in [3.8, 4) is 18.2 Å². The van der Waals surface area contributed by atoms with Gasteiger partial charge in [0.25, 0.3) is 0 Å². The summed E-state index contributed by atoms with van der Waals surface area (Å²) >= 11 is 34.1. The van der Waals surface area contributed by atoms with E-state index in [1.54, 1.807) is 27.7 Å². The van der Waals surface area contributed by atoms with E-state index in [1.165, 1.54) is 192 Å². The van der Waals surface area contributed by atoms with Crippen molar-refractivity contribution in [2.45, 2.75) is 230 Å². The van der Waals surface area contributed by atoms with E-state index in [0.717, 1.165) is 133 Å². The number of allylic oxidation sites excluding steroid dienone is 4. The zero-order valence-corrected chi connectivity index (χ0v) is 92.0. The first-order valence-electron chi connectivity index (χ1n) is 43.5. The Bertz CT molecular complexity index is 5670. The van der Waals surface area contributed by atoms with Gasteiger partial charge in [-0.15, -0.1) is 5.60 Å². The summed E-state index contributed by atoms with van der Waals surface area (Å²) in [5.74, 6) is 4.17. The van der Waals surface area contributed by atoms with Gasteiger partial charge in [-0.25, -0.2) is 43.0 Å². The van der Waals surface area contributed by atoms with Crippen molar-refractivity contribution < 1.29 is 114 Å². The Morgan fingerprint density at radius 3 is 1.16 bits per heavy atom. The number of halogens is 17. The van der Waals surface area contributed by atoms with Gasteiger partial charge in [0.2, 0.25) is 29.0 Å². The molecular weight excluding hydrogens is 2180 g/mol. The summed E-state index contributed by atoms with van der Waals surface area (Å²) in [5, 5.41) is 60.0. The van der Waals surface area contributed by atoms with E-state index in [1.807, 2.05) is 32.1 Å². The van der Waals surface area contributed by atoms with Crippen LogP contribution in [-0.2, 0) is 24.7 Å². The molecule has 0 spiro atoms. The zero-order chi connectivity index (χ0) is 106. The third-order valence-corrected chi connectivity index (χ3v) is 26.8. The smallest absolute Gasteiger partial charge is 0.850 e. The van der Waals surface area contributed by atoms with Crippen molar-refractivity contribution in [3.05, 3.63) is 165 Å². The third-order valence-electron chi connectivity index (χ3n) is 19.9. The molecule has 9 aliphatic rings. The van der Waals surface area contributed by atoms with Crippen LogP contribution in [0.3, 0.4) is 0 Å². The monoisotopic (exact) mass is 2280 g/mol. The minimum absolute atomic E-state index is 0. The van der Waals surface area contributed by atoms with Crippen molar-refractivity contribution in [1.82, 2.24) is 66.1 Å². The average Bonchev–Trinajstić information content (AvgIpc) is 1.63. The molecule has 0 atom stereocenters. The number of hydrogen-bond acceptors (Lipinski definition) is 36. The number of nitrogens with two attached hydrogens (primary N) is 6. The van der Waals surface area contributed by atoms with E-state index in [4.69, 9.17) is 115 Å². The van der Waals surface area contributed by atoms with Crippen LogP contribution >= 0.6 is 132 Å². The Morgan fingerprint density at radius 2 is 0.846 bits per heavy atom. The Kier molecular flexibility index (Phi) is 51.0. The number of nitrogens with zero attached hydrogens (tertiary/aromatic N) is 18. The van der Waals surface area contributed by atoms with Gasteiger partial charge in [-0.2, -0.15) is 105 Å². The molecule has 0 aromatic carbocycles. The topological polar surface area (TPSA) is 531 Å². The first-order valence-corrected chi connectivity index (χ1v) is 50.4. The van der Waals surface area contributed by atoms with Crippen molar-refractivity contribution in [2.75, 3.05) is 89.6 Å². The molecule has 0 aliphatic heterocycles. The molecule has 0 amide bonds. The van der Waals surface area contributed by atoms with Crippen molar-refractivity contribution in [2.24, 2.45) is 29.2 Å². The number of alkyl halides is 12. The molecule has 10 aromatic rings. The number of nitrogen functional groups attached to an aromatic ring is 4. The summed E-state index contributed by atoms with van der Waals surface area (Å²) in [6.07, 6.45) is 7.91. The molecule has 9 aliphatic carbocycles. The second kappa shape index (κ2) is 58.5. The fourth-order valence-corrected chi connectivity index (χ4v) is 16.9. The molecular formula is C87H105BrCl4F12KN31OS6. The van der Waals surface area contributed by atoms with Gasteiger partial charge in [-0.3, -0.25) is 0 Å². The Labute approximate surface area is 915 Å². The van der Waals surface area contributed by atoms with Crippen LogP contribution in [0, 0.1) is 78.7 Å². The molecule has 0 unspecified atom stereocenters. The number of anilines is 12. The van der Waals surface area contributed by atoms with E-state index in [-0.39, 0.29) is 97.1 Å². The molecule has 770 valence electrons. The molecule has 32 nitrogen and oxygen atoms in total. The van der Waals surface area contributed by atoms with E-state index in [0.29, 0.717) is 86.0 Å². The molecule has 10 heterocycles. The summed E-state index contributed by atoms with van der Waals surface area (Å²) in [4.78, 5) is 31.4. The molecule has 56 heteroatoms. The molecule has 19 N–H and O–H groups in total. The van der Waals surface area contributed by atoms with Gasteiger partial charge < -0.3 is 81.5 Å². The molecule has 19 rings (SSSR count). The largest absolute Gasteiger partial charge is 1.00 e. The molecule has 9 fully saturated rings. The number of nitriles is 3. The maximum atomic E-state index is 12.8. The number of hydrogen-bond donors (Lipinski definition) is 13. The van der Waals surface area contributed by atoms with Crippen LogP contribution in [0.5, 0.6) is 0 Å². The SMILES string of the molecule is C/C(C#N)=C(/N)C1CC1.CC(C)(C)[O-].CNc1nc(Cl)ncc1C(F)(F)F.CNc1nc(Cl)ncc1C(F)(F)F.CNc1nc(Nc2snc(C3CC3)c2C)ncc1C(F)(F)F.CNc1nc(Nc2snc(C3CC3)c2Cl)ncc1C(F)(F)F.Cc1c(C2CC2)nsc1N.N#C/C=C(\N)C1CC1.N#CC1CC1.Nc1cc(C2CC2)ns1.Nc1snc(C2CC2)c1Br.Nc1snc(C2CC2)c1Cl.[C-]#[N+]CC.[C-]#[NH+].[K+]. The fourth-order valence-electron chi connectivity index (χ4n) is 11.0. The summed E-state index contributed by atoms with van der Waals surface area (Å²) in [7, 11) is 5.42. The average molecular weight is 2280 g/mol. The summed E-state index contributed by atoms with van der Waals surface area (Å²) in [6.45, 7) is 24.2. The summed E-state index contributed by atoms with van der Waals surface area (Å²) in [5.41, 5.74) is 39.9. The second-order valence-corrected chi connectivity index (χ2v) is 40.1. The van der Waals surface area contributed by atoms with E-state index >= 15 is 0 Å². The molecule has 0 saturated heterocycles. The summed E-state index contributed by atoms with van der Waals surface area (Å²) in [6, 6.07) is 8.07. The predicted molar refractivity (Wildman–Crippen MR) is 538 cm³/mol. The molecule has 0 bridgehead atoms. The van der Waals surface area contributed by atoms with Crippen molar-refractivity contribution in [1.29, 1.82) is 15.8 Å². The van der Waals surface area contributed by atoms with Gasteiger partial charge in [-0.05, 0) is 263 Å². The van der Waals surface area contributed by atoms with Crippen LogP contribution in [0.25, 0.3) is 4.85 Å². The molecule has 10 aromatic heterocycles. The van der Waals surface area contributed by atoms with Crippen LogP contribution in [0.2, 0.25) is 20.6 Å². The van der Waals surface area contributed by atoms with Crippen LogP contribution in [0.4, 0.5) is 118 Å². The second-order valence-electron chi connectivity index (χ2n) is 33.0. The van der Waals surface area contributed by atoms with Gasteiger partial charge in [-0.1, -0.05) is 44.0 Å². The maximum absolute atomic E-state index is 12.8. The summed E-state index contributed by atoms with van der Waals surface area (Å²) < 4.78 is 177. The first kappa shape index (κ1) is 124. The first-order chi connectivity index (χ1) is 66.9.